The monoisotopic (exact) mass is 514 g/mol. The molecular formula is C26H35BrN4O2. The zero-order valence-electron chi connectivity index (χ0n) is 20.3. The van der Waals surface area contributed by atoms with Crippen molar-refractivity contribution in [3.63, 3.8) is 0 Å². The van der Waals surface area contributed by atoms with Crippen molar-refractivity contribution in [2.75, 3.05) is 18.5 Å². The van der Waals surface area contributed by atoms with Crippen LogP contribution >= 0.6 is 15.9 Å². The average Bonchev–Trinajstić information content (AvgIpc) is 2.73. The molecule has 0 atom stereocenters. The number of hydrogen-bond donors (Lipinski definition) is 3. The maximum Gasteiger partial charge on any atom is 0.251 e. The predicted octanol–water partition coefficient (Wildman–Crippen LogP) is 4.71. The molecule has 0 spiro atoms. The van der Waals surface area contributed by atoms with Gasteiger partial charge in [-0.1, -0.05) is 22.5 Å². The van der Waals surface area contributed by atoms with Crippen LogP contribution in [0.25, 0.3) is 0 Å². The maximum atomic E-state index is 13.2. The first-order valence-electron chi connectivity index (χ1n) is 11.5. The van der Waals surface area contributed by atoms with E-state index in [0.29, 0.717) is 18.2 Å². The molecule has 0 bridgehead atoms. The Labute approximate surface area is 205 Å². The second-order valence-electron chi connectivity index (χ2n) is 9.19. The minimum absolute atomic E-state index is 0.0370. The van der Waals surface area contributed by atoms with Crippen LogP contribution in [0.1, 0.15) is 62.4 Å². The highest BCUT2D eigenvalue weighted by molar-refractivity contribution is 9.10. The van der Waals surface area contributed by atoms with E-state index in [1.165, 1.54) is 0 Å². The van der Waals surface area contributed by atoms with Crippen molar-refractivity contribution in [3.05, 3.63) is 62.9 Å². The Morgan fingerprint density at radius 3 is 2.45 bits per heavy atom. The van der Waals surface area contributed by atoms with Crippen LogP contribution in [0.4, 0.5) is 5.69 Å². The molecule has 2 aliphatic rings. The molecule has 0 saturated heterocycles. The summed E-state index contributed by atoms with van der Waals surface area (Å²) in [4.78, 5) is 26.8. The summed E-state index contributed by atoms with van der Waals surface area (Å²) in [5.41, 5.74) is 6.67. The lowest BCUT2D eigenvalue weighted by Crippen LogP contribution is -2.42. The molecular weight excluding hydrogens is 480 g/mol. The number of allylic oxidation sites excluding steroid dienone is 3. The molecule has 0 radical (unpaired) electrons. The van der Waals surface area contributed by atoms with Gasteiger partial charge in [0.05, 0.1) is 0 Å². The highest BCUT2D eigenvalue weighted by atomic mass is 79.9. The summed E-state index contributed by atoms with van der Waals surface area (Å²) in [6.07, 6.45) is 6.01. The first-order chi connectivity index (χ1) is 15.6. The normalized spacial score (nSPS) is 20.7. The van der Waals surface area contributed by atoms with Gasteiger partial charge in [0.25, 0.3) is 5.91 Å². The third-order valence-electron chi connectivity index (χ3n) is 6.67. The van der Waals surface area contributed by atoms with E-state index in [-0.39, 0.29) is 17.9 Å². The quantitative estimate of drug-likeness (QED) is 0.513. The van der Waals surface area contributed by atoms with Gasteiger partial charge in [0.1, 0.15) is 0 Å². The Kier molecular flexibility index (Phi) is 8.05. The van der Waals surface area contributed by atoms with E-state index in [1.54, 1.807) is 6.92 Å². The van der Waals surface area contributed by atoms with Crippen LogP contribution in [0.15, 0.2) is 51.8 Å². The highest BCUT2D eigenvalue weighted by Gasteiger charge is 2.26. The smallest absolute Gasteiger partial charge is 0.251 e. The van der Waals surface area contributed by atoms with Gasteiger partial charge in [0, 0.05) is 59.7 Å². The first kappa shape index (κ1) is 25.1. The summed E-state index contributed by atoms with van der Waals surface area (Å²) in [6, 6.07) is 4.60. The van der Waals surface area contributed by atoms with E-state index in [2.05, 4.69) is 62.5 Å². The number of nitrogens with zero attached hydrogens (tertiary/aromatic N) is 1. The van der Waals surface area contributed by atoms with Crippen LogP contribution in [0.2, 0.25) is 0 Å². The number of benzene rings is 1. The summed E-state index contributed by atoms with van der Waals surface area (Å²) in [5.74, 6) is -0.0628. The molecule has 33 heavy (non-hydrogen) atoms. The molecule has 1 aliphatic carbocycles. The topological polar surface area (TPSA) is 73.5 Å². The van der Waals surface area contributed by atoms with Crippen LogP contribution in [-0.2, 0) is 4.79 Å². The van der Waals surface area contributed by atoms with Gasteiger partial charge < -0.3 is 20.9 Å². The second kappa shape index (κ2) is 10.6. The highest BCUT2D eigenvalue weighted by Crippen LogP contribution is 2.32. The van der Waals surface area contributed by atoms with E-state index < -0.39 is 0 Å². The Bertz CT molecular complexity index is 1020. The third kappa shape index (κ3) is 6.08. The van der Waals surface area contributed by atoms with E-state index in [4.69, 9.17) is 0 Å². The van der Waals surface area contributed by atoms with Gasteiger partial charge in [-0.3, -0.25) is 9.59 Å². The average molecular weight is 515 g/mol. The zero-order chi connectivity index (χ0) is 24.3. The third-order valence-corrected chi connectivity index (χ3v) is 7.13. The Morgan fingerprint density at radius 2 is 1.85 bits per heavy atom. The van der Waals surface area contributed by atoms with Crippen molar-refractivity contribution in [2.24, 2.45) is 0 Å². The molecule has 6 nitrogen and oxygen atoms in total. The summed E-state index contributed by atoms with van der Waals surface area (Å²) >= 11 is 3.60. The largest absolute Gasteiger partial charge is 0.371 e. The van der Waals surface area contributed by atoms with E-state index in [9.17, 15) is 9.59 Å². The molecule has 0 aromatic heterocycles. The Morgan fingerprint density at radius 1 is 1.18 bits per heavy atom. The molecule has 3 N–H and O–H groups in total. The lowest BCUT2D eigenvalue weighted by atomic mass is 9.89. The van der Waals surface area contributed by atoms with Crippen molar-refractivity contribution in [1.82, 2.24) is 16.0 Å². The molecule has 1 aromatic rings. The van der Waals surface area contributed by atoms with Gasteiger partial charge in [-0.05, 0) is 81.4 Å². The van der Waals surface area contributed by atoms with Gasteiger partial charge in [-0.25, -0.2) is 0 Å². The predicted molar refractivity (Wildman–Crippen MR) is 138 cm³/mol. The summed E-state index contributed by atoms with van der Waals surface area (Å²) in [5, 5.41) is 9.35. The van der Waals surface area contributed by atoms with Crippen molar-refractivity contribution in [2.45, 2.75) is 65.5 Å². The zero-order valence-corrected chi connectivity index (χ0v) is 21.9. The van der Waals surface area contributed by atoms with Crippen LogP contribution in [0.5, 0.6) is 0 Å². The van der Waals surface area contributed by atoms with Gasteiger partial charge in [0.2, 0.25) is 5.91 Å². The molecule has 2 amide bonds. The number of dihydropyridines is 1. The minimum atomic E-state index is -0.0998. The number of amides is 2. The number of hydrogen-bond acceptors (Lipinski definition) is 4. The number of carbonyl (C=O) groups is 2. The fraction of sp³-hybridized carbons (Fsp3) is 0.462. The SMILES string of the molecule is C=C1NC(C)=CC(C)=C1CNC(=O)c1cc(Br)cc(N(C)[C@H]2CC[C@H](NC(C)=O)CC2)c1C. The lowest BCUT2D eigenvalue weighted by Gasteiger charge is -2.37. The fourth-order valence-electron chi connectivity index (χ4n) is 4.87. The molecule has 1 aliphatic heterocycles. The van der Waals surface area contributed by atoms with Crippen molar-refractivity contribution in [1.29, 1.82) is 0 Å². The van der Waals surface area contributed by atoms with Gasteiger partial charge in [-0.2, -0.15) is 0 Å². The molecule has 178 valence electrons. The van der Waals surface area contributed by atoms with Crippen molar-refractivity contribution >= 4 is 33.4 Å². The molecule has 1 aromatic carbocycles. The van der Waals surface area contributed by atoms with Crippen LogP contribution in [-0.4, -0.2) is 37.5 Å². The molecule has 1 fully saturated rings. The van der Waals surface area contributed by atoms with Crippen LogP contribution in [0.3, 0.4) is 0 Å². The van der Waals surface area contributed by atoms with E-state index in [0.717, 1.165) is 63.9 Å². The molecule has 1 saturated carbocycles. The standard InChI is InChI=1S/C26H35BrN4O2/c1-15-11-16(2)29-18(4)24(15)14-28-26(33)23-12-20(27)13-25(17(23)3)31(6)22-9-7-21(8-10-22)30-19(5)32/h11-13,21-22,29H,4,7-10,14H2,1-3,5-6H3,(H,28,33)(H,30,32)/t21-,22-. The second-order valence-corrected chi connectivity index (χ2v) is 10.1. The number of rotatable bonds is 6. The van der Waals surface area contributed by atoms with E-state index in [1.807, 2.05) is 26.8 Å². The van der Waals surface area contributed by atoms with Gasteiger partial charge in [0.15, 0.2) is 0 Å². The Hall–Kier alpha value is -2.54. The van der Waals surface area contributed by atoms with Crippen LogP contribution in [0, 0.1) is 6.92 Å². The molecule has 1 heterocycles. The number of anilines is 1. The summed E-state index contributed by atoms with van der Waals surface area (Å²) in [6.45, 7) is 12.1. The van der Waals surface area contributed by atoms with E-state index >= 15 is 0 Å². The fourth-order valence-corrected chi connectivity index (χ4v) is 5.31. The number of halogens is 1. The van der Waals surface area contributed by atoms with Gasteiger partial charge >= 0.3 is 0 Å². The molecule has 0 unspecified atom stereocenters. The van der Waals surface area contributed by atoms with Crippen molar-refractivity contribution in [3.8, 4) is 0 Å². The first-order valence-corrected chi connectivity index (χ1v) is 12.3. The van der Waals surface area contributed by atoms with Crippen molar-refractivity contribution < 1.29 is 9.59 Å². The Balaban J connectivity index is 1.73. The molecule has 3 rings (SSSR count). The minimum Gasteiger partial charge on any atom is -0.371 e. The number of nitrogens with one attached hydrogen (secondary N) is 3. The lowest BCUT2D eigenvalue weighted by molar-refractivity contribution is -0.119. The summed E-state index contributed by atoms with van der Waals surface area (Å²) in [7, 11) is 2.10. The number of carbonyl (C=O) groups excluding carboxylic acids is 2. The summed E-state index contributed by atoms with van der Waals surface area (Å²) < 4.78 is 0.879. The maximum absolute atomic E-state index is 13.2. The van der Waals surface area contributed by atoms with Crippen LogP contribution < -0.4 is 20.9 Å². The van der Waals surface area contributed by atoms with Gasteiger partial charge in [-0.15, -0.1) is 0 Å². The molecule has 7 heteroatoms.